The van der Waals surface area contributed by atoms with Gasteiger partial charge < -0.3 is 20.7 Å². The second-order valence-corrected chi connectivity index (χ2v) is 7.66. The molecule has 0 radical (unpaired) electrons. The third kappa shape index (κ3) is 7.81. The third-order valence-electron chi connectivity index (χ3n) is 4.02. The van der Waals surface area contributed by atoms with E-state index in [1.807, 2.05) is 36.4 Å². The van der Waals surface area contributed by atoms with Gasteiger partial charge in [-0.3, -0.25) is 9.59 Å². The van der Waals surface area contributed by atoms with E-state index in [0.717, 1.165) is 10.8 Å². The number of carbonyl (C=O) groups is 3. The Bertz CT molecular complexity index is 853. The van der Waals surface area contributed by atoms with E-state index in [1.54, 1.807) is 26.8 Å². The number of carbonyl (C=O) groups excluding carboxylic acids is 3. The molecule has 0 unspecified atom stereocenters. The van der Waals surface area contributed by atoms with E-state index >= 15 is 0 Å². The first kappa shape index (κ1) is 22.2. The quantitative estimate of drug-likeness (QED) is 0.595. The topological polar surface area (TPSA) is 96.5 Å². The van der Waals surface area contributed by atoms with Crippen LogP contribution in [0, 0.1) is 0 Å². The number of ether oxygens (including phenoxy) is 1. The Hall–Kier alpha value is -3.09. The second kappa shape index (κ2) is 10.5. The zero-order valence-electron chi connectivity index (χ0n) is 17.2. The smallest absolute Gasteiger partial charge is 0.407 e. The standard InChI is InChI=1S/C22H29N3O4/c1-22(2,3)29-21(28)25-15-12-19(26)23-13-7-14-24-20(27)18-11-6-9-16-8-4-5-10-17(16)18/h4-6,8-11H,7,12-15H2,1-3H3,(H,23,26)(H,24,27)(H,25,28). The number of hydrogen-bond donors (Lipinski definition) is 3. The van der Waals surface area contributed by atoms with Crippen LogP contribution in [0.25, 0.3) is 10.8 Å². The number of amides is 3. The largest absolute Gasteiger partial charge is 0.444 e. The van der Waals surface area contributed by atoms with Gasteiger partial charge in [0.15, 0.2) is 0 Å². The first-order valence-electron chi connectivity index (χ1n) is 9.76. The van der Waals surface area contributed by atoms with Crippen molar-refractivity contribution < 1.29 is 19.1 Å². The van der Waals surface area contributed by atoms with Gasteiger partial charge in [0.05, 0.1) is 0 Å². The molecule has 0 fully saturated rings. The molecule has 7 nitrogen and oxygen atoms in total. The van der Waals surface area contributed by atoms with Crippen LogP contribution in [-0.4, -0.2) is 43.1 Å². The van der Waals surface area contributed by atoms with Gasteiger partial charge in [-0.25, -0.2) is 4.79 Å². The zero-order valence-corrected chi connectivity index (χ0v) is 17.2. The molecule has 0 saturated heterocycles. The highest BCUT2D eigenvalue weighted by molar-refractivity contribution is 6.06. The molecule has 0 heterocycles. The van der Waals surface area contributed by atoms with Crippen LogP contribution in [0.2, 0.25) is 0 Å². The molecule has 0 aliphatic rings. The number of rotatable bonds is 8. The molecule has 0 saturated carbocycles. The zero-order chi connectivity index (χ0) is 21.3. The first-order valence-corrected chi connectivity index (χ1v) is 9.76. The van der Waals surface area contributed by atoms with Crippen LogP contribution in [0.3, 0.4) is 0 Å². The summed E-state index contributed by atoms with van der Waals surface area (Å²) in [5.74, 6) is -0.295. The fraction of sp³-hybridized carbons (Fsp3) is 0.409. The molecule has 0 atom stereocenters. The molecule has 0 spiro atoms. The molecular weight excluding hydrogens is 370 g/mol. The van der Waals surface area contributed by atoms with Crippen molar-refractivity contribution in [1.29, 1.82) is 0 Å². The fourth-order valence-electron chi connectivity index (χ4n) is 2.72. The summed E-state index contributed by atoms with van der Waals surface area (Å²) >= 11 is 0. The summed E-state index contributed by atoms with van der Waals surface area (Å²) in [5.41, 5.74) is 0.0726. The van der Waals surface area contributed by atoms with E-state index in [1.165, 1.54) is 0 Å². The molecule has 2 rings (SSSR count). The maximum atomic E-state index is 12.4. The minimum Gasteiger partial charge on any atom is -0.444 e. The lowest BCUT2D eigenvalue weighted by molar-refractivity contribution is -0.120. The second-order valence-electron chi connectivity index (χ2n) is 7.66. The predicted molar refractivity (Wildman–Crippen MR) is 113 cm³/mol. The van der Waals surface area contributed by atoms with Crippen LogP contribution >= 0.6 is 0 Å². The van der Waals surface area contributed by atoms with E-state index in [2.05, 4.69) is 16.0 Å². The first-order chi connectivity index (χ1) is 13.8. The SMILES string of the molecule is CC(C)(C)OC(=O)NCCC(=O)NCCCNC(=O)c1cccc2ccccc12. The number of fused-ring (bicyclic) bond motifs is 1. The Balaban J connectivity index is 1.62. The Kier molecular flexibility index (Phi) is 8.00. The lowest BCUT2D eigenvalue weighted by Crippen LogP contribution is -2.35. The van der Waals surface area contributed by atoms with Gasteiger partial charge >= 0.3 is 6.09 Å². The van der Waals surface area contributed by atoms with Gasteiger partial charge in [0.25, 0.3) is 5.91 Å². The number of benzene rings is 2. The van der Waals surface area contributed by atoms with Gasteiger partial charge in [-0.1, -0.05) is 36.4 Å². The molecule has 2 aromatic rings. The van der Waals surface area contributed by atoms with Crippen LogP contribution in [0.15, 0.2) is 42.5 Å². The number of alkyl carbamates (subject to hydrolysis) is 1. The van der Waals surface area contributed by atoms with E-state index < -0.39 is 11.7 Å². The van der Waals surface area contributed by atoms with Crippen LogP contribution < -0.4 is 16.0 Å². The van der Waals surface area contributed by atoms with E-state index in [9.17, 15) is 14.4 Å². The average molecular weight is 399 g/mol. The van der Waals surface area contributed by atoms with Crippen LogP contribution in [0.1, 0.15) is 44.0 Å². The highest BCUT2D eigenvalue weighted by atomic mass is 16.6. The normalized spacial score (nSPS) is 11.0. The van der Waals surface area contributed by atoms with Gasteiger partial charge in [0.1, 0.15) is 5.60 Å². The van der Waals surface area contributed by atoms with Gasteiger partial charge in [-0.05, 0) is 44.0 Å². The lowest BCUT2D eigenvalue weighted by atomic mass is 10.0. The maximum Gasteiger partial charge on any atom is 0.407 e. The summed E-state index contributed by atoms with van der Waals surface area (Å²) in [5, 5.41) is 10.1. The third-order valence-corrected chi connectivity index (χ3v) is 4.02. The van der Waals surface area contributed by atoms with Crippen molar-refractivity contribution in [3.8, 4) is 0 Å². The van der Waals surface area contributed by atoms with Gasteiger partial charge in [0.2, 0.25) is 5.91 Å². The molecule has 29 heavy (non-hydrogen) atoms. The van der Waals surface area contributed by atoms with Crippen molar-refractivity contribution in [2.45, 2.75) is 39.2 Å². The Labute approximate surface area is 171 Å². The van der Waals surface area contributed by atoms with Crippen LogP contribution in [-0.2, 0) is 9.53 Å². The number of nitrogens with one attached hydrogen (secondary N) is 3. The molecule has 7 heteroatoms. The minimum atomic E-state index is -0.567. The molecule has 0 bridgehead atoms. The van der Waals surface area contributed by atoms with Crippen molar-refractivity contribution in [2.75, 3.05) is 19.6 Å². The highest BCUT2D eigenvalue weighted by Crippen LogP contribution is 2.18. The monoisotopic (exact) mass is 399 g/mol. The summed E-state index contributed by atoms with van der Waals surface area (Å²) in [7, 11) is 0. The molecule has 3 N–H and O–H groups in total. The van der Waals surface area contributed by atoms with Gasteiger partial charge in [0, 0.05) is 31.6 Å². The molecule has 0 aliphatic heterocycles. The summed E-state index contributed by atoms with van der Waals surface area (Å²) in [4.78, 5) is 35.7. The molecule has 0 aliphatic carbocycles. The minimum absolute atomic E-state index is 0.130. The van der Waals surface area contributed by atoms with Crippen molar-refractivity contribution in [3.05, 3.63) is 48.0 Å². The van der Waals surface area contributed by atoms with Crippen molar-refractivity contribution in [1.82, 2.24) is 16.0 Å². The Morgan fingerprint density at radius 1 is 0.862 bits per heavy atom. The van der Waals surface area contributed by atoms with E-state index in [4.69, 9.17) is 4.74 Å². The summed E-state index contributed by atoms with van der Waals surface area (Å²) in [6.45, 7) is 6.44. The van der Waals surface area contributed by atoms with Crippen molar-refractivity contribution in [3.63, 3.8) is 0 Å². The molecule has 2 aromatic carbocycles. The van der Waals surface area contributed by atoms with Crippen LogP contribution in [0.5, 0.6) is 0 Å². The molecular formula is C22H29N3O4. The number of hydrogen-bond acceptors (Lipinski definition) is 4. The fourth-order valence-corrected chi connectivity index (χ4v) is 2.72. The van der Waals surface area contributed by atoms with Crippen LogP contribution in [0.4, 0.5) is 4.79 Å². The molecule has 0 aromatic heterocycles. The van der Waals surface area contributed by atoms with E-state index in [0.29, 0.717) is 25.1 Å². The Morgan fingerprint density at radius 3 is 2.31 bits per heavy atom. The average Bonchev–Trinajstić information content (AvgIpc) is 2.65. The van der Waals surface area contributed by atoms with Crippen molar-refractivity contribution >= 4 is 28.7 Å². The maximum absolute atomic E-state index is 12.4. The van der Waals surface area contributed by atoms with Gasteiger partial charge in [-0.15, -0.1) is 0 Å². The Morgan fingerprint density at radius 2 is 1.55 bits per heavy atom. The molecule has 156 valence electrons. The predicted octanol–water partition coefficient (Wildman–Crippen LogP) is 2.99. The highest BCUT2D eigenvalue weighted by Gasteiger charge is 2.15. The summed E-state index contributed by atoms with van der Waals surface area (Å²) in [6, 6.07) is 13.4. The van der Waals surface area contributed by atoms with E-state index in [-0.39, 0.29) is 24.8 Å². The van der Waals surface area contributed by atoms with Crippen molar-refractivity contribution in [2.24, 2.45) is 0 Å². The molecule has 3 amide bonds. The summed E-state index contributed by atoms with van der Waals surface area (Å²) < 4.78 is 5.10. The van der Waals surface area contributed by atoms with Gasteiger partial charge in [-0.2, -0.15) is 0 Å². The summed E-state index contributed by atoms with van der Waals surface area (Å²) in [6.07, 6.45) is 0.241. The lowest BCUT2D eigenvalue weighted by Gasteiger charge is -2.19.